The lowest BCUT2D eigenvalue weighted by molar-refractivity contribution is 0.309. The number of rotatable bonds is 5. The van der Waals surface area contributed by atoms with Gasteiger partial charge in [-0.2, -0.15) is 4.31 Å². The average Bonchev–Trinajstić information content (AvgIpc) is 3.32. The van der Waals surface area contributed by atoms with Crippen molar-refractivity contribution in [3.05, 3.63) is 48.5 Å². The fourth-order valence-electron chi connectivity index (χ4n) is 4.28. The summed E-state index contributed by atoms with van der Waals surface area (Å²) in [5.41, 5.74) is 4.03. The third-order valence-corrected chi connectivity index (χ3v) is 8.07. The number of para-hydroxylation sites is 1. The van der Waals surface area contributed by atoms with Crippen LogP contribution < -0.4 is 10.2 Å². The average molecular weight is 411 g/mol. The van der Waals surface area contributed by atoms with E-state index >= 15 is 0 Å². The Balaban J connectivity index is 1.63. The standard InChI is InChI=1S/C22H26N4O2S/c1-23-17-9-12-25(15-17)22-8-7-18(29(27,28)26-10-4-11-26)14-19(22)21-13-16-5-2-3-6-20(16)24-21/h2-3,5-8,13-14,17,23-24H,4,9-12,15H2,1H3. The predicted molar refractivity (Wildman–Crippen MR) is 117 cm³/mol. The van der Waals surface area contributed by atoms with Crippen molar-refractivity contribution < 1.29 is 8.42 Å². The number of anilines is 1. The maximum absolute atomic E-state index is 13.0. The second-order valence-corrected chi connectivity index (χ2v) is 9.87. The second-order valence-electron chi connectivity index (χ2n) is 7.93. The minimum Gasteiger partial charge on any atom is -0.369 e. The summed E-state index contributed by atoms with van der Waals surface area (Å²) in [6.07, 6.45) is 2.02. The van der Waals surface area contributed by atoms with Gasteiger partial charge in [0, 0.05) is 60.1 Å². The Labute approximate surface area is 171 Å². The number of fused-ring (bicyclic) bond motifs is 1. The zero-order valence-electron chi connectivity index (χ0n) is 16.6. The minimum absolute atomic E-state index is 0.374. The Morgan fingerprint density at radius 3 is 2.59 bits per heavy atom. The fourth-order valence-corrected chi connectivity index (χ4v) is 5.82. The number of aromatic amines is 1. The summed E-state index contributed by atoms with van der Waals surface area (Å²) >= 11 is 0. The van der Waals surface area contributed by atoms with E-state index in [0.717, 1.165) is 53.8 Å². The third-order valence-electron chi connectivity index (χ3n) is 6.18. The van der Waals surface area contributed by atoms with E-state index in [-0.39, 0.29) is 0 Å². The highest BCUT2D eigenvalue weighted by Gasteiger charge is 2.31. The molecule has 3 heterocycles. The molecule has 0 saturated carbocycles. The number of nitrogens with zero attached hydrogens (tertiary/aromatic N) is 2. The molecule has 152 valence electrons. The summed E-state index contributed by atoms with van der Waals surface area (Å²) in [7, 11) is -1.43. The molecule has 1 unspecified atom stereocenters. The van der Waals surface area contributed by atoms with Gasteiger partial charge in [0.2, 0.25) is 10.0 Å². The van der Waals surface area contributed by atoms with Crippen LogP contribution in [0.5, 0.6) is 0 Å². The van der Waals surface area contributed by atoms with Crippen LogP contribution in [0.2, 0.25) is 0 Å². The Hall–Kier alpha value is -2.35. The Morgan fingerprint density at radius 1 is 1.07 bits per heavy atom. The molecule has 7 heteroatoms. The highest BCUT2D eigenvalue weighted by molar-refractivity contribution is 7.89. The highest BCUT2D eigenvalue weighted by atomic mass is 32.2. The van der Waals surface area contributed by atoms with Crippen LogP contribution in [0.4, 0.5) is 5.69 Å². The molecule has 2 saturated heterocycles. The predicted octanol–water partition coefficient (Wildman–Crippen LogP) is 3.03. The van der Waals surface area contributed by atoms with E-state index in [2.05, 4.69) is 27.3 Å². The number of benzene rings is 2. The topological polar surface area (TPSA) is 68.4 Å². The van der Waals surface area contributed by atoms with Crippen LogP contribution in [0.25, 0.3) is 22.2 Å². The van der Waals surface area contributed by atoms with Gasteiger partial charge in [-0.3, -0.25) is 0 Å². The first-order chi connectivity index (χ1) is 14.1. The molecule has 0 radical (unpaired) electrons. The molecule has 0 amide bonds. The van der Waals surface area contributed by atoms with Gasteiger partial charge in [0.25, 0.3) is 0 Å². The summed E-state index contributed by atoms with van der Waals surface area (Å²) in [6.45, 7) is 3.10. The van der Waals surface area contributed by atoms with Gasteiger partial charge in [-0.25, -0.2) is 8.42 Å². The molecule has 0 aliphatic carbocycles. The monoisotopic (exact) mass is 410 g/mol. The molecule has 2 aliphatic rings. The maximum atomic E-state index is 13.0. The van der Waals surface area contributed by atoms with Crippen molar-refractivity contribution in [1.82, 2.24) is 14.6 Å². The lowest BCUT2D eigenvalue weighted by Crippen LogP contribution is -2.41. The van der Waals surface area contributed by atoms with Gasteiger partial charge >= 0.3 is 0 Å². The van der Waals surface area contributed by atoms with Crippen LogP contribution in [0.15, 0.2) is 53.4 Å². The molecule has 2 N–H and O–H groups in total. The zero-order valence-corrected chi connectivity index (χ0v) is 17.4. The van der Waals surface area contributed by atoms with E-state index in [1.165, 1.54) is 0 Å². The fraction of sp³-hybridized carbons (Fsp3) is 0.364. The number of sulfonamides is 1. The molecule has 1 aromatic heterocycles. The number of aromatic nitrogens is 1. The number of H-pyrrole nitrogens is 1. The van der Waals surface area contributed by atoms with Gasteiger partial charge in [-0.05, 0) is 50.2 Å². The smallest absolute Gasteiger partial charge is 0.243 e. The lowest BCUT2D eigenvalue weighted by Gasteiger charge is -2.30. The van der Waals surface area contributed by atoms with Gasteiger partial charge in [0.15, 0.2) is 0 Å². The summed E-state index contributed by atoms with van der Waals surface area (Å²) in [5, 5.41) is 4.48. The SMILES string of the molecule is CNC1CCN(c2ccc(S(=O)(=O)N3CCC3)cc2-c2cc3ccccc3[nH]2)C1. The molecule has 2 fully saturated rings. The van der Waals surface area contributed by atoms with E-state index in [9.17, 15) is 8.42 Å². The van der Waals surface area contributed by atoms with Gasteiger partial charge in [0.1, 0.15) is 0 Å². The van der Waals surface area contributed by atoms with E-state index in [4.69, 9.17) is 0 Å². The summed E-state index contributed by atoms with van der Waals surface area (Å²) < 4.78 is 27.5. The molecule has 0 spiro atoms. The van der Waals surface area contributed by atoms with Crippen molar-refractivity contribution >= 4 is 26.6 Å². The Bertz CT molecular complexity index is 1120. The van der Waals surface area contributed by atoms with Crippen LogP contribution in [-0.4, -0.2) is 57.0 Å². The molecule has 6 nitrogen and oxygen atoms in total. The maximum Gasteiger partial charge on any atom is 0.243 e. The van der Waals surface area contributed by atoms with E-state index in [1.54, 1.807) is 10.4 Å². The first-order valence-corrected chi connectivity index (χ1v) is 11.6. The molecule has 2 aromatic carbocycles. The van der Waals surface area contributed by atoms with Crippen molar-refractivity contribution in [2.24, 2.45) is 0 Å². The largest absolute Gasteiger partial charge is 0.369 e. The van der Waals surface area contributed by atoms with Crippen LogP contribution in [0, 0.1) is 0 Å². The molecule has 29 heavy (non-hydrogen) atoms. The third kappa shape index (κ3) is 3.23. The Kier molecular flexibility index (Phi) is 4.61. The lowest BCUT2D eigenvalue weighted by atomic mass is 10.1. The second kappa shape index (κ2) is 7.16. The van der Waals surface area contributed by atoms with Crippen LogP contribution >= 0.6 is 0 Å². The summed E-state index contributed by atoms with van der Waals surface area (Å²) in [4.78, 5) is 6.21. The number of likely N-dealkylation sites (N-methyl/N-ethyl adjacent to an activating group) is 1. The van der Waals surface area contributed by atoms with Crippen LogP contribution in [0.3, 0.4) is 0 Å². The van der Waals surface area contributed by atoms with Crippen molar-refractivity contribution in [2.75, 3.05) is 38.1 Å². The zero-order chi connectivity index (χ0) is 20.0. The molecular formula is C22H26N4O2S. The van der Waals surface area contributed by atoms with Crippen molar-refractivity contribution in [3.63, 3.8) is 0 Å². The minimum atomic E-state index is -3.43. The molecule has 0 bridgehead atoms. The van der Waals surface area contributed by atoms with E-state index in [1.807, 2.05) is 37.4 Å². The van der Waals surface area contributed by atoms with E-state index < -0.39 is 10.0 Å². The number of nitrogens with one attached hydrogen (secondary N) is 2. The van der Waals surface area contributed by atoms with E-state index in [0.29, 0.717) is 24.0 Å². The first kappa shape index (κ1) is 18.7. The summed E-state index contributed by atoms with van der Waals surface area (Å²) in [6, 6.07) is 16.3. The van der Waals surface area contributed by atoms with Gasteiger partial charge in [-0.1, -0.05) is 18.2 Å². The Morgan fingerprint density at radius 2 is 1.90 bits per heavy atom. The normalized spacial score (nSPS) is 20.3. The molecular weight excluding hydrogens is 384 g/mol. The summed E-state index contributed by atoms with van der Waals surface area (Å²) in [5.74, 6) is 0. The molecule has 1 atom stereocenters. The molecule has 5 rings (SSSR count). The first-order valence-electron chi connectivity index (χ1n) is 10.2. The van der Waals surface area contributed by atoms with Crippen molar-refractivity contribution in [1.29, 1.82) is 0 Å². The van der Waals surface area contributed by atoms with Crippen molar-refractivity contribution in [2.45, 2.75) is 23.8 Å². The number of hydrogen-bond acceptors (Lipinski definition) is 4. The highest BCUT2D eigenvalue weighted by Crippen LogP contribution is 2.37. The van der Waals surface area contributed by atoms with Gasteiger partial charge in [-0.15, -0.1) is 0 Å². The van der Waals surface area contributed by atoms with Gasteiger partial charge < -0.3 is 15.2 Å². The van der Waals surface area contributed by atoms with Crippen LogP contribution in [0.1, 0.15) is 12.8 Å². The number of hydrogen-bond donors (Lipinski definition) is 2. The van der Waals surface area contributed by atoms with Gasteiger partial charge in [0.05, 0.1) is 4.90 Å². The quantitative estimate of drug-likeness (QED) is 0.678. The van der Waals surface area contributed by atoms with Crippen molar-refractivity contribution in [3.8, 4) is 11.3 Å². The molecule has 2 aliphatic heterocycles. The van der Waals surface area contributed by atoms with Crippen LogP contribution in [-0.2, 0) is 10.0 Å². The molecule has 3 aromatic rings.